The molecule has 1 amide bonds. The van der Waals surface area contributed by atoms with E-state index in [9.17, 15) is 4.79 Å². The molecule has 0 unspecified atom stereocenters. The summed E-state index contributed by atoms with van der Waals surface area (Å²) in [5.74, 6) is -0.0801. The van der Waals surface area contributed by atoms with Crippen LogP contribution in [0.4, 0.5) is 0 Å². The van der Waals surface area contributed by atoms with Gasteiger partial charge in [0.15, 0.2) is 0 Å². The molecule has 0 spiro atoms. The number of carbonyl (C=O) groups excluding carboxylic acids is 1. The van der Waals surface area contributed by atoms with Gasteiger partial charge in [-0.3, -0.25) is 4.79 Å². The molecule has 0 aliphatic carbocycles. The Morgan fingerprint density at radius 2 is 1.77 bits per heavy atom. The number of hydrogen-bond donors (Lipinski definition) is 1. The van der Waals surface area contributed by atoms with Crippen molar-refractivity contribution in [1.29, 1.82) is 0 Å². The highest BCUT2D eigenvalue weighted by atomic mass is 16.2. The maximum atomic E-state index is 12.0. The predicted octanol–water partition coefficient (Wildman–Crippen LogP) is 2.60. The summed E-state index contributed by atoms with van der Waals surface area (Å²) in [5, 5.41) is 5.48. The Bertz CT molecular complexity index is 907. The van der Waals surface area contributed by atoms with Crippen molar-refractivity contribution in [1.82, 2.24) is 9.99 Å². The zero-order valence-corrected chi connectivity index (χ0v) is 12.2. The summed E-state index contributed by atoms with van der Waals surface area (Å²) in [6, 6.07) is 18.1. The zero-order chi connectivity index (χ0) is 15.1. The number of fused-ring (bicyclic) bond motifs is 3. The van der Waals surface area contributed by atoms with Crippen LogP contribution in [-0.4, -0.2) is 16.2 Å². The summed E-state index contributed by atoms with van der Waals surface area (Å²) >= 11 is 0. The van der Waals surface area contributed by atoms with Crippen molar-refractivity contribution >= 4 is 22.5 Å². The van der Waals surface area contributed by atoms with Crippen molar-refractivity contribution in [2.45, 2.75) is 6.42 Å². The van der Waals surface area contributed by atoms with Crippen molar-refractivity contribution in [2.24, 2.45) is 12.1 Å². The second-order valence-electron chi connectivity index (χ2n) is 5.44. The minimum atomic E-state index is -0.0801. The molecule has 4 rings (SSSR count). The lowest BCUT2D eigenvalue weighted by atomic mass is 10.0. The summed E-state index contributed by atoms with van der Waals surface area (Å²) in [5.41, 5.74) is 7.62. The molecule has 2 heterocycles. The lowest BCUT2D eigenvalue weighted by Crippen LogP contribution is -2.18. The van der Waals surface area contributed by atoms with Crippen LogP contribution in [0.3, 0.4) is 0 Å². The number of nitrogens with one attached hydrogen (secondary N) is 1. The van der Waals surface area contributed by atoms with Crippen LogP contribution in [0.5, 0.6) is 0 Å². The van der Waals surface area contributed by atoms with Crippen LogP contribution < -0.4 is 5.43 Å². The standard InChI is InChI=1S/C18H15N3O/c1-21-15-10-6-5-9-13(15)14-11-16(22)19-20-17(18(14)21)12-7-3-2-4-8-12/h2-10H,11H2,1H3,(H,19,22). The molecule has 0 atom stereocenters. The number of carbonyl (C=O) groups is 1. The van der Waals surface area contributed by atoms with Crippen molar-refractivity contribution in [3.8, 4) is 0 Å². The first-order chi connectivity index (χ1) is 10.8. The van der Waals surface area contributed by atoms with Crippen molar-refractivity contribution in [3.05, 3.63) is 71.4 Å². The highest BCUT2D eigenvalue weighted by Gasteiger charge is 2.24. The second kappa shape index (κ2) is 4.84. The Hall–Kier alpha value is -2.88. The number of para-hydroxylation sites is 1. The smallest absolute Gasteiger partial charge is 0.244 e. The molecular weight excluding hydrogens is 274 g/mol. The number of aryl methyl sites for hydroxylation is 1. The predicted molar refractivity (Wildman–Crippen MR) is 86.8 cm³/mol. The molecule has 0 radical (unpaired) electrons. The van der Waals surface area contributed by atoms with E-state index in [1.165, 1.54) is 0 Å². The molecule has 22 heavy (non-hydrogen) atoms. The summed E-state index contributed by atoms with van der Waals surface area (Å²) in [6.45, 7) is 0. The van der Waals surface area contributed by atoms with E-state index in [2.05, 4.69) is 27.2 Å². The van der Waals surface area contributed by atoms with Gasteiger partial charge in [0.05, 0.1) is 12.1 Å². The van der Waals surface area contributed by atoms with Gasteiger partial charge in [-0.1, -0.05) is 48.5 Å². The van der Waals surface area contributed by atoms with Crippen molar-refractivity contribution in [2.75, 3.05) is 0 Å². The van der Waals surface area contributed by atoms with Crippen molar-refractivity contribution in [3.63, 3.8) is 0 Å². The second-order valence-corrected chi connectivity index (χ2v) is 5.44. The van der Waals surface area contributed by atoms with Crippen LogP contribution in [0.25, 0.3) is 10.9 Å². The lowest BCUT2D eigenvalue weighted by molar-refractivity contribution is -0.120. The third-order valence-electron chi connectivity index (χ3n) is 4.11. The third-order valence-corrected chi connectivity index (χ3v) is 4.11. The third kappa shape index (κ3) is 1.84. The Labute approximate surface area is 128 Å². The van der Waals surface area contributed by atoms with Gasteiger partial charge in [-0.15, -0.1) is 0 Å². The number of rotatable bonds is 1. The number of nitrogens with zero attached hydrogens (tertiary/aromatic N) is 2. The molecule has 3 aromatic rings. The van der Waals surface area contributed by atoms with Crippen LogP contribution in [0.1, 0.15) is 16.8 Å². The molecule has 4 heteroatoms. The molecule has 108 valence electrons. The highest BCUT2D eigenvalue weighted by Crippen LogP contribution is 2.29. The van der Waals surface area contributed by atoms with E-state index in [0.717, 1.165) is 33.4 Å². The van der Waals surface area contributed by atoms with Gasteiger partial charge in [0, 0.05) is 23.5 Å². The normalized spacial score (nSPS) is 14.2. The van der Waals surface area contributed by atoms with E-state index >= 15 is 0 Å². The first kappa shape index (κ1) is 12.8. The van der Waals surface area contributed by atoms with Crippen LogP contribution in [0.15, 0.2) is 59.7 Å². The number of benzene rings is 2. The molecule has 1 aliphatic heterocycles. The molecule has 1 aliphatic rings. The monoisotopic (exact) mass is 289 g/mol. The summed E-state index contributed by atoms with van der Waals surface area (Å²) < 4.78 is 2.12. The van der Waals surface area contributed by atoms with Gasteiger partial charge in [0.25, 0.3) is 0 Å². The molecule has 2 aromatic carbocycles. The fourth-order valence-corrected chi connectivity index (χ4v) is 3.12. The van der Waals surface area contributed by atoms with E-state index < -0.39 is 0 Å². The summed E-state index contributed by atoms with van der Waals surface area (Å²) in [4.78, 5) is 12.0. The van der Waals surface area contributed by atoms with E-state index in [-0.39, 0.29) is 5.91 Å². The van der Waals surface area contributed by atoms with Crippen LogP contribution >= 0.6 is 0 Å². The Morgan fingerprint density at radius 3 is 2.59 bits per heavy atom. The Kier molecular flexibility index (Phi) is 2.82. The number of amides is 1. The first-order valence-electron chi connectivity index (χ1n) is 7.24. The highest BCUT2D eigenvalue weighted by molar-refractivity contribution is 6.17. The van der Waals surface area contributed by atoms with Crippen LogP contribution in [-0.2, 0) is 18.3 Å². The van der Waals surface area contributed by atoms with Crippen LogP contribution in [0, 0.1) is 0 Å². The van der Waals surface area contributed by atoms with Gasteiger partial charge in [0.1, 0.15) is 5.71 Å². The average molecular weight is 289 g/mol. The number of aromatic nitrogens is 1. The van der Waals surface area contributed by atoms with Crippen LogP contribution in [0.2, 0.25) is 0 Å². The summed E-state index contributed by atoms with van der Waals surface area (Å²) in [7, 11) is 2.02. The maximum Gasteiger partial charge on any atom is 0.244 e. The van der Waals surface area contributed by atoms with Gasteiger partial charge in [-0.2, -0.15) is 5.10 Å². The van der Waals surface area contributed by atoms with Gasteiger partial charge >= 0.3 is 0 Å². The molecular formula is C18H15N3O. The molecule has 0 saturated carbocycles. The fraction of sp³-hybridized carbons (Fsp3) is 0.111. The molecule has 4 nitrogen and oxygen atoms in total. The Morgan fingerprint density at radius 1 is 1.05 bits per heavy atom. The fourth-order valence-electron chi connectivity index (χ4n) is 3.12. The van der Waals surface area contributed by atoms with E-state index in [1.807, 2.05) is 49.5 Å². The Balaban J connectivity index is 2.06. The minimum absolute atomic E-state index is 0.0801. The molecule has 1 aromatic heterocycles. The molecule has 0 saturated heterocycles. The topological polar surface area (TPSA) is 46.4 Å². The van der Waals surface area contributed by atoms with Gasteiger partial charge in [-0.05, 0) is 11.6 Å². The van der Waals surface area contributed by atoms with E-state index in [0.29, 0.717) is 6.42 Å². The van der Waals surface area contributed by atoms with Gasteiger partial charge in [0.2, 0.25) is 5.91 Å². The quantitative estimate of drug-likeness (QED) is 0.735. The maximum absolute atomic E-state index is 12.0. The van der Waals surface area contributed by atoms with Gasteiger partial charge < -0.3 is 4.57 Å². The van der Waals surface area contributed by atoms with Crippen molar-refractivity contribution < 1.29 is 4.79 Å². The molecule has 0 fully saturated rings. The first-order valence-corrected chi connectivity index (χ1v) is 7.24. The minimum Gasteiger partial charge on any atom is -0.342 e. The van der Waals surface area contributed by atoms with Gasteiger partial charge in [-0.25, -0.2) is 5.43 Å². The number of hydrazone groups is 1. The average Bonchev–Trinajstić information content (AvgIpc) is 2.71. The largest absolute Gasteiger partial charge is 0.342 e. The number of hydrogen-bond acceptors (Lipinski definition) is 2. The molecule has 0 bridgehead atoms. The summed E-state index contributed by atoms with van der Waals surface area (Å²) in [6.07, 6.45) is 0.344. The SMILES string of the molecule is Cn1c2c(c3ccccc31)CC(=O)NN=C2c1ccccc1. The molecule has 1 N–H and O–H groups in total. The zero-order valence-electron chi connectivity index (χ0n) is 12.2. The van der Waals surface area contributed by atoms with E-state index in [1.54, 1.807) is 0 Å². The lowest BCUT2D eigenvalue weighted by Gasteiger charge is -2.08. The van der Waals surface area contributed by atoms with E-state index in [4.69, 9.17) is 0 Å².